The summed E-state index contributed by atoms with van der Waals surface area (Å²) in [5.41, 5.74) is 12.0. The summed E-state index contributed by atoms with van der Waals surface area (Å²) in [6.07, 6.45) is 1.80. The number of hydrogen-bond acceptors (Lipinski definition) is 4. The molecule has 0 saturated heterocycles. The molecule has 5 nitrogen and oxygen atoms in total. The number of fused-ring (bicyclic) bond motifs is 10. The van der Waals surface area contributed by atoms with E-state index >= 15 is 0 Å². The van der Waals surface area contributed by atoms with Gasteiger partial charge in [-0.1, -0.05) is 140 Å². The molecule has 1 aliphatic carbocycles. The quantitative estimate of drug-likeness (QED) is 0.181. The van der Waals surface area contributed by atoms with Gasteiger partial charge in [0, 0.05) is 44.2 Å². The summed E-state index contributed by atoms with van der Waals surface area (Å²) < 4.78 is 9.14. The second-order valence-electron chi connectivity index (χ2n) is 15.1. The van der Waals surface area contributed by atoms with Gasteiger partial charge < -0.3 is 4.42 Å². The van der Waals surface area contributed by atoms with Gasteiger partial charge in [0.15, 0.2) is 11.6 Å². The SMILES string of the molecule is c1ccc(-c2nc(-c3ccc4c(oc5ccccc54)c3C3CCc4cc5ccccc5cc4-c4ccccc43)nc(-n3c4ccccc4c4ccccc43)n2)cc1. The molecule has 8 aromatic carbocycles. The van der Waals surface area contributed by atoms with Crippen molar-refractivity contribution in [2.75, 3.05) is 0 Å². The van der Waals surface area contributed by atoms with Crippen LogP contribution in [0.25, 0.3) is 94.4 Å². The van der Waals surface area contributed by atoms with Crippen LogP contribution in [-0.4, -0.2) is 19.5 Å². The van der Waals surface area contributed by atoms with Gasteiger partial charge in [-0.05, 0) is 82.3 Å². The van der Waals surface area contributed by atoms with Gasteiger partial charge in [0.05, 0.1) is 11.0 Å². The molecule has 1 atom stereocenters. The zero-order chi connectivity index (χ0) is 37.5. The first kappa shape index (κ1) is 31.9. The summed E-state index contributed by atoms with van der Waals surface area (Å²) in [4.78, 5) is 16.0. The van der Waals surface area contributed by atoms with Crippen LogP contribution in [0.4, 0.5) is 0 Å². The normalized spacial score (nSPS) is 14.0. The number of para-hydroxylation sites is 3. The fraction of sp³-hybridized carbons (Fsp3) is 0.0577. The van der Waals surface area contributed by atoms with Crippen molar-refractivity contribution in [3.63, 3.8) is 0 Å². The van der Waals surface area contributed by atoms with Crippen LogP contribution < -0.4 is 0 Å². The fourth-order valence-electron chi connectivity index (χ4n) is 9.34. The topological polar surface area (TPSA) is 56.7 Å². The van der Waals surface area contributed by atoms with E-state index in [1.807, 2.05) is 24.3 Å². The molecule has 0 radical (unpaired) electrons. The molecule has 268 valence electrons. The maximum atomic E-state index is 6.95. The predicted octanol–water partition coefficient (Wildman–Crippen LogP) is 13.1. The number of hydrogen-bond donors (Lipinski definition) is 0. The van der Waals surface area contributed by atoms with Crippen molar-refractivity contribution in [2.24, 2.45) is 0 Å². The van der Waals surface area contributed by atoms with Crippen LogP contribution in [0.15, 0.2) is 180 Å². The average molecular weight is 731 g/mol. The molecule has 3 heterocycles. The largest absolute Gasteiger partial charge is 0.456 e. The molecule has 5 heteroatoms. The zero-order valence-electron chi connectivity index (χ0n) is 30.9. The summed E-state index contributed by atoms with van der Waals surface area (Å²) in [6.45, 7) is 0. The Labute approximate surface area is 328 Å². The van der Waals surface area contributed by atoms with Crippen LogP contribution in [0.2, 0.25) is 0 Å². The molecule has 57 heavy (non-hydrogen) atoms. The van der Waals surface area contributed by atoms with Crippen molar-refractivity contribution in [3.8, 4) is 39.9 Å². The maximum absolute atomic E-state index is 6.95. The molecule has 0 bridgehead atoms. The van der Waals surface area contributed by atoms with E-state index in [-0.39, 0.29) is 5.92 Å². The van der Waals surface area contributed by atoms with Crippen LogP contribution in [-0.2, 0) is 6.42 Å². The average Bonchev–Trinajstić information content (AvgIpc) is 3.77. The van der Waals surface area contributed by atoms with Gasteiger partial charge in [0.1, 0.15) is 11.2 Å². The Kier molecular flexibility index (Phi) is 7.05. The number of benzene rings is 8. The van der Waals surface area contributed by atoms with Gasteiger partial charge in [-0.25, -0.2) is 4.98 Å². The summed E-state index contributed by atoms with van der Waals surface area (Å²) >= 11 is 0. The van der Waals surface area contributed by atoms with Crippen LogP contribution in [0.5, 0.6) is 0 Å². The lowest BCUT2D eigenvalue weighted by Gasteiger charge is -2.22. The van der Waals surface area contributed by atoms with Crippen LogP contribution in [0.1, 0.15) is 29.0 Å². The molecular weight excluding hydrogens is 697 g/mol. The highest BCUT2D eigenvalue weighted by Crippen LogP contribution is 2.48. The predicted molar refractivity (Wildman–Crippen MR) is 232 cm³/mol. The van der Waals surface area contributed by atoms with Gasteiger partial charge in [0.25, 0.3) is 0 Å². The van der Waals surface area contributed by atoms with Gasteiger partial charge in [-0.15, -0.1) is 0 Å². The van der Waals surface area contributed by atoms with Crippen molar-refractivity contribution in [3.05, 3.63) is 193 Å². The number of aromatic nitrogens is 4. The Morgan fingerprint density at radius 3 is 1.95 bits per heavy atom. The van der Waals surface area contributed by atoms with E-state index in [2.05, 4.69) is 156 Å². The van der Waals surface area contributed by atoms with Gasteiger partial charge in [-0.3, -0.25) is 4.57 Å². The highest BCUT2D eigenvalue weighted by Gasteiger charge is 2.31. The monoisotopic (exact) mass is 730 g/mol. The lowest BCUT2D eigenvalue weighted by Crippen LogP contribution is -2.09. The molecule has 1 aliphatic rings. The molecule has 0 amide bonds. The number of aryl methyl sites for hydroxylation is 1. The van der Waals surface area contributed by atoms with E-state index in [0.29, 0.717) is 17.6 Å². The van der Waals surface area contributed by atoms with Gasteiger partial charge in [0.2, 0.25) is 5.95 Å². The van der Waals surface area contributed by atoms with Gasteiger partial charge >= 0.3 is 0 Å². The highest BCUT2D eigenvalue weighted by molar-refractivity contribution is 6.09. The molecule has 0 N–H and O–H groups in total. The van der Waals surface area contributed by atoms with Crippen molar-refractivity contribution in [2.45, 2.75) is 18.8 Å². The molecular formula is C52H34N4O. The van der Waals surface area contributed by atoms with E-state index in [0.717, 1.165) is 73.3 Å². The Balaban J connectivity index is 1.16. The van der Waals surface area contributed by atoms with Crippen molar-refractivity contribution in [1.29, 1.82) is 0 Å². The van der Waals surface area contributed by atoms with Gasteiger partial charge in [-0.2, -0.15) is 9.97 Å². The van der Waals surface area contributed by atoms with Crippen LogP contribution in [0, 0.1) is 0 Å². The van der Waals surface area contributed by atoms with E-state index in [4.69, 9.17) is 19.4 Å². The van der Waals surface area contributed by atoms with E-state index < -0.39 is 0 Å². The first-order chi connectivity index (χ1) is 28.3. The van der Waals surface area contributed by atoms with E-state index in [1.54, 1.807) is 0 Å². The minimum Gasteiger partial charge on any atom is -0.456 e. The molecule has 12 rings (SSSR count). The fourth-order valence-corrected chi connectivity index (χ4v) is 9.34. The van der Waals surface area contributed by atoms with Crippen molar-refractivity contribution >= 4 is 54.5 Å². The highest BCUT2D eigenvalue weighted by atomic mass is 16.3. The maximum Gasteiger partial charge on any atom is 0.238 e. The molecule has 0 saturated carbocycles. The molecule has 1 unspecified atom stereocenters. The van der Waals surface area contributed by atoms with E-state index in [9.17, 15) is 0 Å². The Bertz CT molecular complexity index is 3320. The number of rotatable bonds is 4. The third-order valence-electron chi connectivity index (χ3n) is 11.9. The second kappa shape index (κ2) is 12.6. The molecule has 11 aromatic rings. The van der Waals surface area contributed by atoms with Crippen LogP contribution in [0.3, 0.4) is 0 Å². The first-order valence-electron chi connectivity index (χ1n) is 19.6. The Morgan fingerprint density at radius 1 is 0.491 bits per heavy atom. The van der Waals surface area contributed by atoms with E-state index in [1.165, 1.54) is 33.0 Å². The third kappa shape index (κ3) is 4.99. The zero-order valence-corrected chi connectivity index (χ0v) is 30.9. The molecule has 0 fully saturated rings. The van der Waals surface area contributed by atoms with Crippen molar-refractivity contribution in [1.82, 2.24) is 19.5 Å². The smallest absolute Gasteiger partial charge is 0.238 e. The molecule has 3 aromatic heterocycles. The molecule has 0 spiro atoms. The Hall–Kier alpha value is -7.37. The molecule has 0 aliphatic heterocycles. The summed E-state index contributed by atoms with van der Waals surface area (Å²) in [5.74, 6) is 1.80. The Morgan fingerprint density at radius 2 is 1.14 bits per heavy atom. The third-order valence-corrected chi connectivity index (χ3v) is 11.9. The number of furan rings is 1. The first-order valence-corrected chi connectivity index (χ1v) is 19.6. The lowest BCUT2D eigenvalue weighted by atomic mass is 9.82. The van der Waals surface area contributed by atoms with Crippen LogP contribution >= 0.6 is 0 Å². The summed E-state index contributed by atoms with van der Waals surface area (Å²) in [7, 11) is 0. The minimum absolute atomic E-state index is 0.00963. The summed E-state index contributed by atoms with van der Waals surface area (Å²) in [5, 5.41) is 7.02. The lowest BCUT2D eigenvalue weighted by molar-refractivity contribution is 0.647. The second-order valence-corrected chi connectivity index (χ2v) is 15.1. The summed E-state index contributed by atoms with van der Waals surface area (Å²) in [6, 6.07) is 62.4. The number of nitrogens with zero attached hydrogens (tertiary/aromatic N) is 4. The minimum atomic E-state index is -0.00963. The standard InChI is InChI=1S/C52H34N4O/c1-2-14-32(15-3-1)50-53-51(55-52(54-50)56-45-23-11-8-20-38(45)39-21-9-12-24-46(39)56)43-29-28-42-40-22-10-13-25-47(40)57-49(42)48(43)41-27-26-35-30-33-16-4-5-17-34(33)31-44(35)37-19-7-6-18-36(37)41/h1-25,28-31,41H,26-27H2. The van der Waals surface area contributed by atoms with Crippen molar-refractivity contribution < 1.29 is 4.42 Å².